The predicted octanol–water partition coefficient (Wildman–Crippen LogP) is 2.62. The predicted molar refractivity (Wildman–Crippen MR) is 93.9 cm³/mol. The summed E-state index contributed by atoms with van der Waals surface area (Å²) in [7, 11) is -4.25. The second-order valence-corrected chi connectivity index (χ2v) is 8.24. The number of anilines is 1. The van der Waals surface area contributed by atoms with Gasteiger partial charge in [-0.05, 0) is 32.0 Å². The van der Waals surface area contributed by atoms with E-state index >= 15 is 0 Å². The molecule has 2 aromatic rings. The second kappa shape index (κ2) is 7.08. The number of alkyl halides is 3. The summed E-state index contributed by atoms with van der Waals surface area (Å²) in [5.41, 5.74) is 0.448. The number of nitrogens with zero attached hydrogens (tertiary/aromatic N) is 4. The van der Waals surface area contributed by atoms with Crippen LogP contribution in [0.15, 0.2) is 35.2 Å². The van der Waals surface area contributed by atoms with Gasteiger partial charge < -0.3 is 4.90 Å². The first kappa shape index (κ1) is 19.6. The van der Waals surface area contributed by atoms with Gasteiger partial charge in [0.15, 0.2) is 0 Å². The van der Waals surface area contributed by atoms with E-state index in [-0.39, 0.29) is 13.1 Å². The molecule has 0 radical (unpaired) electrons. The summed E-state index contributed by atoms with van der Waals surface area (Å²) in [5.74, 6) is 0.500. The van der Waals surface area contributed by atoms with Gasteiger partial charge in [-0.15, -0.1) is 0 Å². The van der Waals surface area contributed by atoms with E-state index in [2.05, 4.69) is 9.97 Å². The van der Waals surface area contributed by atoms with Gasteiger partial charge in [-0.2, -0.15) is 17.5 Å². The number of piperazine rings is 1. The Morgan fingerprint density at radius 1 is 0.963 bits per heavy atom. The lowest BCUT2D eigenvalue weighted by Crippen LogP contribution is -2.49. The molecule has 1 aliphatic rings. The van der Waals surface area contributed by atoms with Crippen LogP contribution in [0.5, 0.6) is 0 Å². The van der Waals surface area contributed by atoms with E-state index in [0.29, 0.717) is 19.0 Å². The molecule has 1 aromatic carbocycles. The third kappa shape index (κ3) is 4.06. The fourth-order valence-electron chi connectivity index (χ4n) is 3.04. The minimum atomic E-state index is -4.74. The van der Waals surface area contributed by atoms with E-state index in [0.717, 1.165) is 27.8 Å². The van der Waals surface area contributed by atoms with Gasteiger partial charge in [-0.3, -0.25) is 0 Å². The lowest BCUT2D eigenvalue weighted by Gasteiger charge is -2.34. The Labute approximate surface area is 155 Å². The summed E-state index contributed by atoms with van der Waals surface area (Å²) in [6.07, 6.45) is -4.74. The summed E-state index contributed by atoms with van der Waals surface area (Å²) in [5, 5.41) is 0. The van der Waals surface area contributed by atoms with Crippen LogP contribution in [-0.2, 0) is 16.2 Å². The molecular formula is C17H19F3N4O2S. The molecule has 0 saturated carbocycles. The van der Waals surface area contributed by atoms with E-state index in [1.165, 1.54) is 12.1 Å². The average molecular weight is 400 g/mol. The Kier molecular flexibility index (Phi) is 5.13. The molecule has 6 nitrogen and oxygen atoms in total. The van der Waals surface area contributed by atoms with Crippen molar-refractivity contribution in [3.8, 4) is 0 Å². The number of aromatic nitrogens is 2. The number of sulfonamides is 1. The first-order chi connectivity index (χ1) is 12.6. The van der Waals surface area contributed by atoms with Gasteiger partial charge >= 0.3 is 6.18 Å². The van der Waals surface area contributed by atoms with Crippen LogP contribution >= 0.6 is 0 Å². The largest absolute Gasteiger partial charge is 0.417 e. The van der Waals surface area contributed by atoms with Crippen LogP contribution in [0.4, 0.5) is 19.1 Å². The summed E-state index contributed by atoms with van der Waals surface area (Å²) in [4.78, 5) is 9.82. The average Bonchev–Trinajstić information content (AvgIpc) is 2.60. The van der Waals surface area contributed by atoms with Gasteiger partial charge in [0.2, 0.25) is 16.0 Å². The molecular weight excluding hydrogens is 381 g/mol. The zero-order valence-electron chi connectivity index (χ0n) is 14.9. The highest BCUT2D eigenvalue weighted by Crippen LogP contribution is 2.35. The number of halogens is 3. The third-order valence-electron chi connectivity index (χ3n) is 4.30. The van der Waals surface area contributed by atoms with Crippen LogP contribution in [0, 0.1) is 13.8 Å². The lowest BCUT2D eigenvalue weighted by atomic mass is 10.2. The fourth-order valence-corrected chi connectivity index (χ4v) is 4.68. The summed E-state index contributed by atoms with van der Waals surface area (Å²) < 4.78 is 66.2. The Morgan fingerprint density at radius 3 is 2.07 bits per heavy atom. The van der Waals surface area contributed by atoms with Gasteiger partial charge in [-0.25, -0.2) is 18.4 Å². The Hall–Kier alpha value is -2.20. The molecule has 0 amide bonds. The molecule has 0 atom stereocenters. The number of rotatable bonds is 3. The van der Waals surface area contributed by atoms with Crippen LogP contribution in [0.2, 0.25) is 0 Å². The molecule has 1 fully saturated rings. The first-order valence-corrected chi connectivity index (χ1v) is 9.76. The van der Waals surface area contributed by atoms with E-state index in [9.17, 15) is 21.6 Å². The van der Waals surface area contributed by atoms with Crippen LogP contribution in [0.25, 0.3) is 0 Å². The number of hydrogen-bond acceptors (Lipinski definition) is 5. The van der Waals surface area contributed by atoms with E-state index < -0.39 is 26.7 Å². The van der Waals surface area contributed by atoms with Gasteiger partial charge in [-0.1, -0.05) is 12.1 Å². The number of benzene rings is 1. The topological polar surface area (TPSA) is 66.4 Å². The Bertz CT molecular complexity index is 919. The molecule has 1 saturated heterocycles. The van der Waals surface area contributed by atoms with Crippen LogP contribution in [-0.4, -0.2) is 48.9 Å². The third-order valence-corrected chi connectivity index (χ3v) is 6.26. The maximum atomic E-state index is 13.2. The molecule has 27 heavy (non-hydrogen) atoms. The normalized spacial score (nSPS) is 16.6. The molecule has 2 heterocycles. The van der Waals surface area contributed by atoms with Crippen molar-refractivity contribution in [1.82, 2.24) is 14.3 Å². The van der Waals surface area contributed by atoms with E-state index in [1.54, 1.807) is 0 Å². The quantitative estimate of drug-likeness (QED) is 0.793. The van der Waals surface area contributed by atoms with Crippen LogP contribution in [0.3, 0.4) is 0 Å². The van der Waals surface area contributed by atoms with Crippen molar-refractivity contribution in [3.05, 3.63) is 47.3 Å². The lowest BCUT2D eigenvalue weighted by molar-refractivity contribution is -0.139. The number of aryl methyl sites for hydroxylation is 2. The molecule has 146 valence electrons. The summed E-state index contributed by atoms with van der Waals surface area (Å²) in [6, 6.07) is 6.08. The first-order valence-electron chi connectivity index (χ1n) is 8.32. The van der Waals surface area contributed by atoms with Crippen molar-refractivity contribution in [2.75, 3.05) is 31.1 Å². The van der Waals surface area contributed by atoms with Crippen molar-refractivity contribution in [1.29, 1.82) is 0 Å². The zero-order chi connectivity index (χ0) is 19.8. The van der Waals surface area contributed by atoms with Gasteiger partial charge in [0.05, 0.1) is 10.5 Å². The molecule has 0 aliphatic carbocycles. The molecule has 3 rings (SSSR count). The number of hydrogen-bond donors (Lipinski definition) is 0. The monoisotopic (exact) mass is 400 g/mol. The molecule has 0 unspecified atom stereocenters. The maximum absolute atomic E-state index is 13.2. The molecule has 0 bridgehead atoms. The molecule has 1 aliphatic heterocycles. The maximum Gasteiger partial charge on any atom is 0.417 e. The smallest absolute Gasteiger partial charge is 0.338 e. The minimum Gasteiger partial charge on any atom is -0.338 e. The van der Waals surface area contributed by atoms with Crippen molar-refractivity contribution in [2.24, 2.45) is 0 Å². The van der Waals surface area contributed by atoms with Crippen LogP contribution in [0.1, 0.15) is 17.0 Å². The Morgan fingerprint density at radius 2 is 1.52 bits per heavy atom. The SMILES string of the molecule is Cc1cc(C)nc(N2CCN(S(=O)(=O)c3ccccc3C(F)(F)F)CC2)n1. The summed E-state index contributed by atoms with van der Waals surface area (Å²) in [6.45, 7) is 4.41. The standard InChI is InChI=1S/C17H19F3N4O2S/c1-12-11-13(2)22-16(21-12)23-7-9-24(10-8-23)27(25,26)15-6-4-3-5-14(15)17(18,19)20/h3-6,11H,7-10H2,1-2H3. The van der Waals surface area contributed by atoms with Gasteiger partial charge in [0.25, 0.3) is 0 Å². The molecule has 0 spiro atoms. The minimum absolute atomic E-state index is 0.0604. The highest BCUT2D eigenvalue weighted by Gasteiger charge is 2.39. The Balaban J connectivity index is 1.82. The summed E-state index contributed by atoms with van der Waals surface area (Å²) >= 11 is 0. The van der Waals surface area contributed by atoms with Crippen molar-refractivity contribution in [3.63, 3.8) is 0 Å². The molecule has 0 N–H and O–H groups in total. The van der Waals surface area contributed by atoms with E-state index in [1.807, 2.05) is 24.8 Å². The van der Waals surface area contributed by atoms with Crippen molar-refractivity contribution < 1.29 is 21.6 Å². The van der Waals surface area contributed by atoms with E-state index in [4.69, 9.17) is 0 Å². The fraction of sp³-hybridized carbons (Fsp3) is 0.412. The molecule has 1 aromatic heterocycles. The molecule has 10 heteroatoms. The van der Waals surface area contributed by atoms with Crippen molar-refractivity contribution in [2.45, 2.75) is 24.9 Å². The highest BCUT2D eigenvalue weighted by atomic mass is 32.2. The highest BCUT2D eigenvalue weighted by molar-refractivity contribution is 7.89. The zero-order valence-corrected chi connectivity index (χ0v) is 15.7. The van der Waals surface area contributed by atoms with Crippen molar-refractivity contribution >= 4 is 16.0 Å². The van der Waals surface area contributed by atoms with Crippen LogP contribution < -0.4 is 4.90 Å². The second-order valence-electron chi connectivity index (χ2n) is 6.34. The van der Waals surface area contributed by atoms with Gasteiger partial charge in [0.1, 0.15) is 0 Å². The van der Waals surface area contributed by atoms with Gasteiger partial charge in [0, 0.05) is 37.6 Å².